The lowest BCUT2D eigenvalue weighted by Gasteiger charge is -2.25. The van der Waals surface area contributed by atoms with Crippen LogP contribution in [0.1, 0.15) is 27.2 Å². The molecule has 0 fully saturated rings. The second-order valence-electron chi connectivity index (χ2n) is 5.65. The van der Waals surface area contributed by atoms with Crippen molar-refractivity contribution < 1.29 is 0 Å². The first-order chi connectivity index (χ1) is 9.42. The average molecular weight is 300 g/mol. The highest BCUT2D eigenvalue weighted by atomic mass is 35.5. The van der Waals surface area contributed by atoms with Crippen LogP contribution in [0.25, 0.3) is 0 Å². The van der Waals surface area contributed by atoms with E-state index >= 15 is 0 Å². The Balaban J connectivity index is 2.82. The fraction of sp³-hybridized carbons (Fsp3) is 0.714. The van der Waals surface area contributed by atoms with Gasteiger partial charge in [0.15, 0.2) is 5.82 Å². The maximum Gasteiger partial charge on any atom is 0.224 e. The van der Waals surface area contributed by atoms with Crippen LogP contribution in [0.2, 0.25) is 5.02 Å². The maximum atomic E-state index is 6.18. The van der Waals surface area contributed by atoms with Gasteiger partial charge in [0.05, 0.1) is 6.20 Å². The number of hydrogen-bond acceptors (Lipinski definition) is 5. The molecule has 1 aromatic rings. The molecule has 0 saturated carbocycles. The number of nitrogens with one attached hydrogen (secondary N) is 2. The van der Waals surface area contributed by atoms with Gasteiger partial charge in [-0.1, -0.05) is 25.4 Å². The lowest BCUT2D eigenvalue weighted by molar-refractivity contribution is 0.356. The summed E-state index contributed by atoms with van der Waals surface area (Å²) < 4.78 is 0. The molecule has 2 N–H and O–H groups in total. The molecular formula is C14H26ClN5. The maximum absolute atomic E-state index is 6.18. The van der Waals surface area contributed by atoms with Gasteiger partial charge in [0.1, 0.15) is 5.02 Å². The van der Waals surface area contributed by atoms with Crippen molar-refractivity contribution in [1.82, 2.24) is 14.9 Å². The number of rotatable bonds is 8. The molecule has 1 rings (SSSR count). The summed E-state index contributed by atoms with van der Waals surface area (Å²) in [4.78, 5) is 10.8. The van der Waals surface area contributed by atoms with E-state index in [-0.39, 0.29) is 0 Å². The number of halogens is 1. The van der Waals surface area contributed by atoms with Gasteiger partial charge in [0.25, 0.3) is 0 Å². The lowest BCUT2D eigenvalue weighted by atomic mass is 10.0. The van der Waals surface area contributed by atoms with Gasteiger partial charge >= 0.3 is 0 Å². The molecule has 0 radical (unpaired) electrons. The third kappa shape index (κ3) is 5.92. The molecule has 1 unspecified atom stereocenters. The van der Waals surface area contributed by atoms with Gasteiger partial charge in [0.2, 0.25) is 5.95 Å². The summed E-state index contributed by atoms with van der Waals surface area (Å²) in [6.07, 6.45) is 2.70. The van der Waals surface area contributed by atoms with Crippen molar-refractivity contribution in [3.8, 4) is 0 Å². The molecule has 0 saturated heterocycles. The summed E-state index contributed by atoms with van der Waals surface area (Å²) in [7, 11) is 4.14. The van der Waals surface area contributed by atoms with Crippen LogP contribution in [0.15, 0.2) is 6.20 Å². The Bertz CT molecular complexity index is 399. The Morgan fingerprint density at radius 3 is 2.60 bits per heavy atom. The largest absolute Gasteiger partial charge is 0.365 e. The third-order valence-corrected chi connectivity index (χ3v) is 3.04. The zero-order valence-electron chi connectivity index (χ0n) is 13.1. The standard InChI is InChI=1S/C14H26ClN5/c1-6-16-14-17-8-12(15)13(19-14)18-11(7-10(2)3)9-20(4)5/h8,10-11H,6-7,9H2,1-5H3,(H2,16,17,18,19). The van der Waals surface area contributed by atoms with Crippen molar-refractivity contribution in [3.63, 3.8) is 0 Å². The number of likely N-dealkylation sites (N-methyl/N-ethyl adjacent to an activating group) is 1. The Labute approximate surface area is 127 Å². The number of aromatic nitrogens is 2. The van der Waals surface area contributed by atoms with Crippen molar-refractivity contribution >= 4 is 23.4 Å². The second-order valence-corrected chi connectivity index (χ2v) is 6.06. The van der Waals surface area contributed by atoms with Crippen LogP contribution < -0.4 is 10.6 Å². The smallest absolute Gasteiger partial charge is 0.224 e. The van der Waals surface area contributed by atoms with E-state index < -0.39 is 0 Å². The fourth-order valence-electron chi connectivity index (χ4n) is 2.09. The Kier molecular flexibility index (Phi) is 7.02. The molecule has 0 aromatic carbocycles. The molecule has 0 aliphatic carbocycles. The van der Waals surface area contributed by atoms with E-state index in [4.69, 9.17) is 11.6 Å². The summed E-state index contributed by atoms with van der Waals surface area (Å²) in [6.45, 7) is 8.17. The minimum atomic E-state index is 0.312. The molecule has 20 heavy (non-hydrogen) atoms. The van der Waals surface area contributed by atoms with Crippen LogP contribution in [-0.2, 0) is 0 Å². The quantitative estimate of drug-likeness (QED) is 0.773. The van der Waals surface area contributed by atoms with E-state index in [2.05, 4.69) is 53.4 Å². The summed E-state index contributed by atoms with van der Waals surface area (Å²) in [6, 6.07) is 0.312. The minimum absolute atomic E-state index is 0.312. The molecule has 0 aliphatic heterocycles. The van der Waals surface area contributed by atoms with Crippen LogP contribution >= 0.6 is 11.6 Å². The Hall–Kier alpha value is -1.07. The zero-order chi connectivity index (χ0) is 15.1. The fourth-order valence-corrected chi connectivity index (χ4v) is 2.24. The van der Waals surface area contributed by atoms with E-state index in [1.807, 2.05) is 6.92 Å². The van der Waals surface area contributed by atoms with E-state index in [1.54, 1.807) is 6.20 Å². The summed E-state index contributed by atoms with van der Waals surface area (Å²) in [5, 5.41) is 7.10. The molecule has 0 aliphatic rings. The molecule has 0 spiro atoms. The molecule has 114 valence electrons. The van der Waals surface area contributed by atoms with E-state index in [0.717, 1.165) is 19.5 Å². The lowest BCUT2D eigenvalue weighted by Crippen LogP contribution is -2.34. The van der Waals surface area contributed by atoms with Crippen LogP contribution in [0, 0.1) is 5.92 Å². The summed E-state index contributed by atoms with van der Waals surface area (Å²) >= 11 is 6.18. The Morgan fingerprint density at radius 1 is 1.35 bits per heavy atom. The normalized spacial score (nSPS) is 12.8. The van der Waals surface area contributed by atoms with Gasteiger partial charge in [-0.15, -0.1) is 0 Å². The van der Waals surface area contributed by atoms with Crippen molar-refractivity contribution in [1.29, 1.82) is 0 Å². The first-order valence-electron chi connectivity index (χ1n) is 7.10. The van der Waals surface area contributed by atoms with Gasteiger partial charge < -0.3 is 15.5 Å². The SMILES string of the molecule is CCNc1ncc(Cl)c(NC(CC(C)C)CN(C)C)n1. The Morgan fingerprint density at radius 2 is 2.05 bits per heavy atom. The highest BCUT2D eigenvalue weighted by molar-refractivity contribution is 6.32. The van der Waals surface area contributed by atoms with Crippen molar-refractivity contribution in [3.05, 3.63) is 11.2 Å². The average Bonchev–Trinajstić information content (AvgIpc) is 2.32. The topological polar surface area (TPSA) is 53.1 Å². The van der Waals surface area contributed by atoms with Crippen LogP contribution in [0.3, 0.4) is 0 Å². The minimum Gasteiger partial charge on any atom is -0.365 e. The van der Waals surface area contributed by atoms with Crippen LogP contribution in [0.4, 0.5) is 11.8 Å². The summed E-state index contributed by atoms with van der Waals surface area (Å²) in [5.41, 5.74) is 0. The van der Waals surface area contributed by atoms with Gasteiger partial charge in [-0.2, -0.15) is 4.98 Å². The molecule has 5 nitrogen and oxygen atoms in total. The number of nitrogens with zero attached hydrogens (tertiary/aromatic N) is 3. The highest BCUT2D eigenvalue weighted by Crippen LogP contribution is 2.21. The predicted octanol–water partition coefficient (Wildman–Crippen LogP) is 2.95. The molecule has 1 heterocycles. The number of anilines is 2. The van der Waals surface area contributed by atoms with Gasteiger partial charge in [0, 0.05) is 19.1 Å². The number of hydrogen-bond donors (Lipinski definition) is 2. The van der Waals surface area contributed by atoms with Crippen LogP contribution in [-0.4, -0.2) is 48.1 Å². The van der Waals surface area contributed by atoms with Gasteiger partial charge in [-0.25, -0.2) is 4.98 Å². The van der Waals surface area contributed by atoms with E-state index in [1.165, 1.54) is 0 Å². The van der Waals surface area contributed by atoms with Crippen molar-refractivity contribution in [2.24, 2.45) is 5.92 Å². The molecular weight excluding hydrogens is 274 g/mol. The van der Waals surface area contributed by atoms with E-state index in [0.29, 0.717) is 28.7 Å². The molecule has 6 heteroatoms. The second kappa shape index (κ2) is 8.27. The van der Waals surface area contributed by atoms with Gasteiger partial charge in [-0.3, -0.25) is 0 Å². The molecule has 0 bridgehead atoms. The zero-order valence-corrected chi connectivity index (χ0v) is 13.8. The molecule has 0 amide bonds. The predicted molar refractivity (Wildman–Crippen MR) is 86.6 cm³/mol. The summed E-state index contributed by atoms with van der Waals surface area (Å²) in [5.74, 6) is 1.92. The van der Waals surface area contributed by atoms with Crippen molar-refractivity contribution in [2.45, 2.75) is 33.2 Å². The first kappa shape index (κ1) is 17.0. The highest BCUT2D eigenvalue weighted by Gasteiger charge is 2.15. The third-order valence-electron chi connectivity index (χ3n) is 2.76. The van der Waals surface area contributed by atoms with Crippen molar-refractivity contribution in [2.75, 3.05) is 37.8 Å². The first-order valence-corrected chi connectivity index (χ1v) is 7.47. The van der Waals surface area contributed by atoms with Gasteiger partial charge in [-0.05, 0) is 33.4 Å². The molecule has 1 atom stereocenters. The van der Waals surface area contributed by atoms with E-state index in [9.17, 15) is 0 Å². The van der Waals surface area contributed by atoms with Crippen LogP contribution in [0.5, 0.6) is 0 Å². The monoisotopic (exact) mass is 299 g/mol. The molecule has 1 aromatic heterocycles.